The van der Waals surface area contributed by atoms with Crippen LogP contribution >= 0.6 is 0 Å². The molecule has 0 fully saturated rings. The second-order valence-electron chi connectivity index (χ2n) is 8.61. The zero-order chi connectivity index (χ0) is 24.1. The summed E-state index contributed by atoms with van der Waals surface area (Å²) in [4.78, 5) is 12.8. The number of rotatable bonds is 7. The maximum atomic E-state index is 13.3. The van der Waals surface area contributed by atoms with Gasteiger partial charge in [0.25, 0.3) is 0 Å². The van der Waals surface area contributed by atoms with Gasteiger partial charge >= 0.3 is 6.09 Å². The van der Waals surface area contributed by atoms with Crippen LogP contribution in [0, 0.1) is 0 Å². The molecule has 1 amide bonds. The van der Waals surface area contributed by atoms with Crippen molar-refractivity contribution >= 4 is 21.8 Å². The van der Waals surface area contributed by atoms with E-state index in [1.807, 2.05) is 60.7 Å². The van der Waals surface area contributed by atoms with Crippen molar-refractivity contribution in [1.29, 1.82) is 0 Å². The predicted octanol–water partition coefficient (Wildman–Crippen LogP) is 4.55. The molecule has 0 saturated heterocycles. The van der Waals surface area contributed by atoms with Crippen LogP contribution in [0.4, 0.5) is 10.5 Å². The lowest BCUT2D eigenvalue weighted by molar-refractivity contribution is 0.0493. The number of nitrogens with one attached hydrogen (secondary N) is 2. The Labute approximate surface area is 195 Å². The summed E-state index contributed by atoms with van der Waals surface area (Å²) >= 11 is 0. The van der Waals surface area contributed by atoms with Crippen molar-refractivity contribution in [1.82, 2.24) is 10.0 Å². The Bertz CT molecular complexity index is 1160. The van der Waals surface area contributed by atoms with E-state index in [-0.39, 0.29) is 4.90 Å². The first kappa shape index (κ1) is 24.3. The Morgan fingerprint density at radius 1 is 0.818 bits per heavy atom. The molecule has 0 aliphatic carbocycles. The standard InChI is InChI=1S/C25H29N3O4S/c1-25(2,3)32-24(29)27-22(18-10-6-4-7-11-18)23(19-12-8-5-9-13-19)28-33(30,31)21-16-14-20(26)15-17-21/h4-17,22-23,28H,26H2,1-3H3,(H,27,29). The molecule has 0 saturated carbocycles. The minimum atomic E-state index is -3.95. The Kier molecular flexibility index (Phi) is 7.40. The van der Waals surface area contributed by atoms with Gasteiger partial charge < -0.3 is 15.8 Å². The molecule has 3 rings (SSSR count). The fourth-order valence-corrected chi connectivity index (χ4v) is 4.56. The Morgan fingerprint density at radius 3 is 1.79 bits per heavy atom. The van der Waals surface area contributed by atoms with E-state index in [9.17, 15) is 13.2 Å². The number of anilines is 1. The molecule has 7 nitrogen and oxygen atoms in total. The number of amides is 1. The number of nitrogens with two attached hydrogens (primary N) is 1. The van der Waals surface area contributed by atoms with Crippen molar-refractivity contribution < 1.29 is 17.9 Å². The number of nitrogen functional groups attached to an aromatic ring is 1. The summed E-state index contributed by atoms with van der Waals surface area (Å²) in [5, 5.41) is 2.86. The maximum absolute atomic E-state index is 13.3. The van der Waals surface area contributed by atoms with Crippen LogP contribution in [0.2, 0.25) is 0 Å². The molecule has 0 heterocycles. The lowest BCUT2D eigenvalue weighted by Gasteiger charge is -2.30. The van der Waals surface area contributed by atoms with Crippen LogP contribution < -0.4 is 15.8 Å². The van der Waals surface area contributed by atoms with Crippen LogP contribution in [0.1, 0.15) is 44.0 Å². The van der Waals surface area contributed by atoms with Gasteiger partial charge in [-0.1, -0.05) is 60.7 Å². The molecule has 3 aromatic carbocycles. The molecule has 0 aromatic heterocycles. The van der Waals surface area contributed by atoms with Gasteiger partial charge in [-0.05, 0) is 56.2 Å². The number of carbonyl (C=O) groups excluding carboxylic acids is 1. The number of sulfonamides is 1. The SMILES string of the molecule is CC(C)(C)OC(=O)NC(c1ccccc1)C(NS(=O)(=O)c1ccc(N)cc1)c1ccccc1. The Balaban J connectivity index is 2.05. The quantitative estimate of drug-likeness (QED) is 0.441. The van der Waals surface area contributed by atoms with E-state index < -0.39 is 33.8 Å². The molecule has 0 radical (unpaired) electrons. The summed E-state index contributed by atoms with van der Waals surface area (Å²) in [5.74, 6) is 0. The molecule has 3 aromatic rings. The van der Waals surface area contributed by atoms with E-state index in [4.69, 9.17) is 10.5 Å². The molecule has 33 heavy (non-hydrogen) atoms. The zero-order valence-electron chi connectivity index (χ0n) is 18.9. The number of hydrogen-bond donors (Lipinski definition) is 3. The highest BCUT2D eigenvalue weighted by molar-refractivity contribution is 7.89. The van der Waals surface area contributed by atoms with E-state index in [2.05, 4.69) is 10.0 Å². The molecule has 2 unspecified atom stereocenters. The van der Waals surface area contributed by atoms with E-state index in [1.54, 1.807) is 20.8 Å². The highest BCUT2D eigenvalue weighted by atomic mass is 32.2. The first-order chi connectivity index (χ1) is 15.5. The monoisotopic (exact) mass is 467 g/mol. The molecular weight excluding hydrogens is 438 g/mol. The van der Waals surface area contributed by atoms with E-state index in [0.717, 1.165) is 5.56 Å². The summed E-state index contributed by atoms with van der Waals surface area (Å²) in [7, 11) is -3.95. The minimum absolute atomic E-state index is 0.0710. The van der Waals surface area contributed by atoms with Crippen LogP contribution in [0.3, 0.4) is 0 Å². The van der Waals surface area contributed by atoms with Gasteiger partial charge in [0.05, 0.1) is 17.0 Å². The Hall–Kier alpha value is -3.36. The van der Waals surface area contributed by atoms with Gasteiger partial charge in [0.15, 0.2) is 0 Å². The van der Waals surface area contributed by atoms with Crippen molar-refractivity contribution in [2.75, 3.05) is 5.73 Å². The summed E-state index contributed by atoms with van der Waals surface area (Å²) in [5.41, 5.74) is 6.87. The third kappa shape index (κ3) is 6.81. The Morgan fingerprint density at radius 2 is 1.30 bits per heavy atom. The molecule has 4 N–H and O–H groups in total. The highest BCUT2D eigenvalue weighted by Gasteiger charge is 2.32. The van der Waals surface area contributed by atoms with Crippen molar-refractivity contribution in [2.45, 2.75) is 43.4 Å². The fourth-order valence-electron chi connectivity index (χ4n) is 3.33. The number of hydrogen-bond acceptors (Lipinski definition) is 5. The van der Waals surface area contributed by atoms with Gasteiger partial charge in [-0.3, -0.25) is 0 Å². The first-order valence-corrected chi connectivity index (χ1v) is 12.0. The van der Waals surface area contributed by atoms with Crippen LogP contribution in [0.25, 0.3) is 0 Å². The van der Waals surface area contributed by atoms with Crippen molar-refractivity contribution in [3.8, 4) is 0 Å². The fraction of sp³-hybridized carbons (Fsp3) is 0.240. The van der Waals surface area contributed by atoms with Gasteiger partial charge in [-0.25, -0.2) is 17.9 Å². The van der Waals surface area contributed by atoms with Crippen LogP contribution in [-0.4, -0.2) is 20.1 Å². The second kappa shape index (κ2) is 10.1. The topological polar surface area (TPSA) is 111 Å². The molecule has 8 heteroatoms. The largest absolute Gasteiger partial charge is 0.444 e. The van der Waals surface area contributed by atoms with Crippen LogP contribution in [0.5, 0.6) is 0 Å². The van der Waals surface area contributed by atoms with Gasteiger partial charge in [-0.2, -0.15) is 0 Å². The number of benzene rings is 3. The van der Waals surface area contributed by atoms with Gasteiger partial charge in [-0.15, -0.1) is 0 Å². The number of alkyl carbamates (subject to hydrolysis) is 1. The highest BCUT2D eigenvalue weighted by Crippen LogP contribution is 2.31. The molecule has 2 atom stereocenters. The minimum Gasteiger partial charge on any atom is -0.444 e. The van der Waals surface area contributed by atoms with E-state index in [0.29, 0.717) is 11.3 Å². The number of ether oxygens (including phenoxy) is 1. The van der Waals surface area contributed by atoms with Gasteiger partial charge in [0.1, 0.15) is 5.60 Å². The van der Waals surface area contributed by atoms with Crippen molar-refractivity contribution in [3.05, 3.63) is 96.1 Å². The van der Waals surface area contributed by atoms with Gasteiger partial charge in [0.2, 0.25) is 10.0 Å². The third-order valence-electron chi connectivity index (χ3n) is 4.80. The predicted molar refractivity (Wildman–Crippen MR) is 129 cm³/mol. The summed E-state index contributed by atoms with van der Waals surface area (Å²) < 4.78 is 34.8. The molecule has 0 bridgehead atoms. The maximum Gasteiger partial charge on any atom is 0.408 e. The number of carbonyl (C=O) groups is 1. The van der Waals surface area contributed by atoms with E-state index >= 15 is 0 Å². The van der Waals surface area contributed by atoms with Crippen molar-refractivity contribution in [3.63, 3.8) is 0 Å². The van der Waals surface area contributed by atoms with Gasteiger partial charge in [0, 0.05) is 5.69 Å². The molecule has 0 aliphatic rings. The average molecular weight is 468 g/mol. The average Bonchev–Trinajstić information content (AvgIpc) is 2.76. The van der Waals surface area contributed by atoms with E-state index in [1.165, 1.54) is 24.3 Å². The summed E-state index contributed by atoms with van der Waals surface area (Å²) in [6, 6.07) is 22.6. The first-order valence-electron chi connectivity index (χ1n) is 10.5. The summed E-state index contributed by atoms with van der Waals surface area (Å²) in [6.07, 6.45) is -0.649. The third-order valence-corrected chi connectivity index (χ3v) is 6.25. The molecule has 0 aliphatic heterocycles. The normalized spacial score (nSPS) is 13.7. The lowest BCUT2D eigenvalue weighted by Crippen LogP contribution is -2.42. The van der Waals surface area contributed by atoms with Crippen LogP contribution in [0.15, 0.2) is 89.8 Å². The molecular formula is C25H29N3O4S. The lowest BCUT2D eigenvalue weighted by atomic mass is 9.94. The summed E-state index contributed by atoms with van der Waals surface area (Å²) in [6.45, 7) is 5.30. The van der Waals surface area contributed by atoms with Crippen molar-refractivity contribution in [2.24, 2.45) is 0 Å². The smallest absolute Gasteiger partial charge is 0.408 e. The molecule has 174 valence electrons. The zero-order valence-corrected chi connectivity index (χ0v) is 19.7. The second-order valence-corrected chi connectivity index (χ2v) is 10.3. The molecule has 0 spiro atoms. The van der Waals surface area contributed by atoms with Crippen LogP contribution in [-0.2, 0) is 14.8 Å².